The van der Waals surface area contributed by atoms with Gasteiger partial charge in [-0.05, 0) is 48.3 Å². The number of imidazole rings is 1. The first-order valence-corrected chi connectivity index (χ1v) is 12.7. The second kappa shape index (κ2) is 22.2. The molecule has 1 radical (unpaired) electrons. The van der Waals surface area contributed by atoms with Crippen molar-refractivity contribution in [2.75, 3.05) is 0 Å². The zero-order valence-corrected chi connectivity index (χ0v) is 26.4. The number of aryl methyl sites for hydroxylation is 2. The van der Waals surface area contributed by atoms with Crippen LogP contribution in [0, 0.1) is 0 Å². The van der Waals surface area contributed by atoms with E-state index in [4.69, 9.17) is 0 Å². The largest absolute Gasteiger partial charge is 2.00 e. The van der Waals surface area contributed by atoms with Gasteiger partial charge in [-0.25, -0.2) is 9.13 Å². The summed E-state index contributed by atoms with van der Waals surface area (Å²) in [6.07, 6.45) is -24.1. The summed E-state index contributed by atoms with van der Waals surface area (Å²) in [4.78, 5) is 29.5. The quantitative estimate of drug-likeness (QED) is 0.0936. The van der Waals surface area contributed by atoms with E-state index in [1.54, 1.807) is 0 Å². The van der Waals surface area contributed by atoms with E-state index in [1.165, 1.54) is 32.2 Å². The van der Waals surface area contributed by atoms with Gasteiger partial charge in [0.05, 0.1) is 13.6 Å². The van der Waals surface area contributed by atoms with Crippen LogP contribution in [0.15, 0.2) is 54.2 Å². The number of carbonyl (C=O) groups excluding carboxylic acids is 3. The number of rotatable bonds is 8. The molecule has 0 saturated carbocycles. The first-order valence-electron chi connectivity index (χ1n) is 12.7. The maximum Gasteiger partial charge on any atom is 2.00 e. The average Bonchev–Trinajstić information content (AvgIpc) is 3.33. The first-order chi connectivity index (χ1) is 22.5. The van der Waals surface area contributed by atoms with Crippen molar-refractivity contribution in [2.24, 2.45) is 7.05 Å². The number of nitrogens with zero attached hydrogens (tertiary/aromatic N) is 2. The van der Waals surface area contributed by atoms with Crippen molar-refractivity contribution in [2.45, 2.75) is 76.2 Å². The van der Waals surface area contributed by atoms with Gasteiger partial charge in [-0.1, -0.05) is 19.8 Å². The van der Waals surface area contributed by atoms with E-state index in [0.717, 1.165) is 0 Å². The van der Waals surface area contributed by atoms with E-state index in [0.29, 0.717) is 0 Å². The molecule has 0 aromatic carbocycles. The van der Waals surface area contributed by atoms with Crippen LogP contribution in [-0.2, 0) is 45.0 Å². The number of hydrogen-bond acceptors (Lipinski definition) is 6. The van der Waals surface area contributed by atoms with E-state index < -0.39 is 89.9 Å². The Kier molecular flexibility index (Phi) is 23.5. The van der Waals surface area contributed by atoms with Crippen LogP contribution in [0.4, 0.5) is 79.0 Å². The average molecular weight is 852 g/mol. The summed E-state index contributed by atoms with van der Waals surface area (Å²) in [5, 5.41) is 29.5. The minimum atomic E-state index is -5.46. The van der Waals surface area contributed by atoms with Gasteiger partial charge in [0.15, 0.2) is 0 Å². The molecule has 8 nitrogen and oxygen atoms in total. The number of aromatic nitrogens is 2. The standard InChI is InChI=1S/C10H19N2.3C5H2F6O2.Cu/c1-3-4-5-6-7-12-9-8-11(2)10-12;3*6-4(7,8)2(12)1-3(13)5(9,10)11;/h8-10H,3-7H2,1-2H3;3*1,12H;/q+1;;;;+2/p-3/b;3*2-1-;. The van der Waals surface area contributed by atoms with Gasteiger partial charge in [0.2, 0.25) is 6.33 Å². The molecule has 0 atom stereocenters. The summed E-state index contributed by atoms with van der Waals surface area (Å²) in [5.41, 5.74) is 0. The van der Waals surface area contributed by atoms with E-state index in [1.807, 2.05) is 0 Å². The van der Waals surface area contributed by atoms with Crippen molar-refractivity contribution in [3.63, 3.8) is 0 Å². The molecular formula is C25H22CuF18N2O6. The van der Waals surface area contributed by atoms with Gasteiger partial charge < -0.3 is 15.3 Å². The molecule has 0 aliphatic rings. The minimum Gasteiger partial charge on any atom is -0.869 e. The summed E-state index contributed by atoms with van der Waals surface area (Å²) in [7, 11) is 2.06. The van der Waals surface area contributed by atoms with Crippen LogP contribution < -0.4 is 19.9 Å². The zero-order chi connectivity index (χ0) is 41.4. The fourth-order valence-electron chi connectivity index (χ4n) is 2.20. The van der Waals surface area contributed by atoms with Crippen LogP contribution in [0.2, 0.25) is 0 Å². The second-order valence-corrected chi connectivity index (χ2v) is 8.98. The monoisotopic (exact) mass is 851 g/mol. The summed E-state index contributed by atoms with van der Waals surface area (Å²) >= 11 is 0. The van der Waals surface area contributed by atoms with Gasteiger partial charge >= 0.3 is 54.1 Å². The molecule has 0 fully saturated rings. The van der Waals surface area contributed by atoms with Gasteiger partial charge in [0, 0.05) is 0 Å². The summed E-state index contributed by atoms with van der Waals surface area (Å²) in [5.74, 6) is -16.9. The molecular weight excluding hydrogens is 830 g/mol. The Hall–Kier alpha value is -3.90. The van der Waals surface area contributed by atoms with Crippen molar-refractivity contribution in [1.82, 2.24) is 4.57 Å². The fraction of sp³-hybridized carbons (Fsp3) is 0.520. The molecule has 1 heterocycles. The van der Waals surface area contributed by atoms with E-state index in [9.17, 15) is 109 Å². The van der Waals surface area contributed by atoms with Gasteiger partial charge in [0.1, 0.15) is 12.4 Å². The van der Waals surface area contributed by atoms with Crippen molar-refractivity contribution < 1.29 is 130 Å². The van der Waals surface area contributed by atoms with E-state index in [-0.39, 0.29) is 17.1 Å². The molecule has 52 heavy (non-hydrogen) atoms. The number of halogens is 18. The molecule has 0 bridgehead atoms. The topological polar surface area (TPSA) is 129 Å². The van der Waals surface area contributed by atoms with E-state index >= 15 is 0 Å². The molecule has 0 spiro atoms. The van der Waals surface area contributed by atoms with Crippen molar-refractivity contribution in [3.05, 3.63) is 54.2 Å². The Morgan fingerprint density at radius 1 is 0.558 bits per heavy atom. The van der Waals surface area contributed by atoms with Crippen LogP contribution in [0.25, 0.3) is 0 Å². The molecule has 27 heteroatoms. The predicted octanol–water partition coefficient (Wildman–Crippen LogP) is 4.66. The SMILES string of the molecule is CCCCCCn1cc[n+](C)c1.O=C(/C=C(\[O-])C(F)(F)F)C(F)(F)F.O=C(/C=C(\[O-])C(F)(F)F)C(F)(F)F.O=C(/C=C(\[O-])C(F)(F)F)C(F)(F)F.[Cu+2]. The maximum absolute atomic E-state index is 11.3. The van der Waals surface area contributed by atoms with Crippen LogP contribution >= 0.6 is 0 Å². The Balaban J connectivity index is -0.000000294. The second-order valence-electron chi connectivity index (χ2n) is 8.98. The molecule has 0 amide bonds. The predicted molar refractivity (Wildman–Crippen MR) is 125 cm³/mol. The first kappa shape index (κ1) is 54.9. The van der Waals surface area contributed by atoms with Crippen LogP contribution in [-0.4, -0.2) is 59.0 Å². The van der Waals surface area contributed by atoms with Crippen LogP contribution in [0.3, 0.4) is 0 Å². The summed E-state index contributed by atoms with van der Waals surface area (Å²) < 4.78 is 208. The van der Waals surface area contributed by atoms with Crippen LogP contribution in [0.1, 0.15) is 32.6 Å². The molecule has 305 valence electrons. The van der Waals surface area contributed by atoms with E-state index in [2.05, 4.69) is 41.8 Å². The Bertz CT molecular complexity index is 1230. The minimum absolute atomic E-state index is 0. The molecule has 1 aromatic rings. The van der Waals surface area contributed by atoms with Gasteiger partial charge in [-0.15, -0.1) is 0 Å². The number of allylic oxidation sites excluding steroid dienone is 6. The van der Waals surface area contributed by atoms with Crippen molar-refractivity contribution >= 4 is 17.3 Å². The molecule has 0 aliphatic carbocycles. The van der Waals surface area contributed by atoms with Crippen molar-refractivity contribution in [3.8, 4) is 0 Å². The maximum atomic E-state index is 11.3. The molecule has 1 aromatic heterocycles. The number of alkyl halides is 18. The Morgan fingerprint density at radius 2 is 0.846 bits per heavy atom. The Labute approximate surface area is 290 Å². The van der Waals surface area contributed by atoms with Crippen molar-refractivity contribution in [1.29, 1.82) is 0 Å². The third kappa shape index (κ3) is 26.8. The zero-order valence-electron chi connectivity index (χ0n) is 25.4. The molecule has 1 rings (SSSR count). The smallest absolute Gasteiger partial charge is 0.869 e. The fourth-order valence-corrected chi connectivity index (χ4v) is 2.20. The molecule has 0 unspecified atom stereocenters. The third-order valence-corrected chi connectivity index (χ3v) is 4.56. The number of carbonyl (C=O) groups is 3. The summed E-state index contributed by atoms with van der Waals surface area (Å²) in [6.45, 7) is 3.41. The number of hydrogen-bond donors (Lipinski definition) is 0. The van der Waals surface area contributed by atoms with Gasteiger partial charge in [-0.3, -0.25) is 14.4 Å². The number of unbranched alkanes of at least 4 members (excludes halogenated alkanes) is 3. The van der Waals surface area contributed by atoms with Gasteiger partial charge in [-0.2, -0.15) is 79.0 Å². The molecule has 0 N–H and O–H groups in total. The van der Waals surface area contributed by atoms with Crippen LogP contribution in [0.5, 0.6) is 0 Å². The Morgan fingerprint density at radius 3 is 1.04 bits per heavy atom. The molecule has 0 saturated heterocycles. The normalized spacial score (nSPS) is 13.3. The van der Waals surface area contributed by atoms with Gasteiger partial charge in [0.25, 0.3) is 17.3 Å². The number of ketones is 3. The molecule has 0 aliphatic heterocycles. The summed E-state index contributed by atoms with van der Waals surface area (Å²) in [6, 6.07) is 0. The third-order valence-electron chi connectivity index (χ3n) is 4.56.